The molecular formula is C17H11ClN2O5. The van der Waals surface area contributed by atoms with E-state index >= 15 is 0 Å². The van der Waals surface area contributed by atoms with Gasteiger partial charge in [-0.2, -0.15) is 0 Å². The van der Waals surface area contributed by atoms with E-state index in [-0.39, 0.29) is 34.1 Å². The number of rotatable bonds is 5. The lowest BCUT2D eigenvalue weighted by molar-refractivity contribution is -0.384. The highest BCUT2D eigenvalue weighted by Crippen LogP contribution is 2.27. The number of terminal acetylenes is 1. The standard InChI is InChI=1S/C17H11ClN2O5/c1-2-9-25-17(22)13-6-4-3-5-12(13)16(21)19-15-8-7-11(20(23)24)10-14(15)18/h1,3-8,10H,9H2,(H,19,21). The number of halogens is 1. The molecule has 0 fully saturated rings. The van der Waals surface area contributed by atoms with Gasteiger partial charge in [-0.05, 0) is 18.2 Å². The van der Waals surface area contributed by atoms with Gasteiger partial charge < -0.3 is 10.1 Å². The van der Waals surface area contributed by atoms with E-state index in [9.17, 15) is 19.7 Å². The quantitative estimate of drug-likeness (QED) is 0.382. The van der Waals surface area contributed by atoms with Crippen LogP contribution in [0.5, 0.6) is 0 Å². The lowest BCUT2D eigenvalue weighted by Crippen LogP contribution is -2.18. The summed E-state index contributed by atoms with van der Waals surface area (Å²) >= 11 is 5.94. The molecule has 0 aliphatic heterocycles. The van der Waals surface area contributed by atoms with Crippen molar-refractivity contribution >= 4 is 34.9 Å². The molecule has 25 heavy (non-hydrogen) atoms. The van der Waals surface area contributed by atoms with Gasteiger partial charge in [0.15, 0.2) is 6.61 Å². The van der Waals surface area contributed by atoms with Gasteiger partial charge in [-0.3, -0.25) is 14.9 Å². The Morgan fingerprint density at radius 2 is 1.92 bits per heavy atom. The van der Waals surface area contributed by atoms with Gasteiger partial charge in [-0.25, -0.2) is 4.79 Å². The Hall–Kier alpha value is -3.37. The van der Waals surface area contributed by atoms with E-state index in [0.717, 1.165) is 6.07 Å². The van der Waals surface area contributed by atoms with Crippen LogP contribution in [-0.2, 0) is 4.74 Å². The van der Waals surface area contributed by atoms with E-state index in [0.29, 0.717) is 0 Å². The highest BCUT2D eigenvalue weighted by Gasteiger charge is 2.19. The maximum atomic E-state index is 12.4. The lowest BCUT2D eigenvalue weighted by atomic mass is 10.1. The molecule has 0 aliphatic rings. The number of anilines is 1. The summed E-state index contributed by atoms with van der Waals surface area (Å²) in [6.45, 7) is -0.219. The number of ether oxygens (including phenoxy) is 1. The SMILES string of the molecule is C#CCOC(=O)c1ccccc1C(=O)Nc1ccc([N+](=O)[O-])cc1Cl. The second kappa shape index (κ2) is 7.95. The minimum absolute atomic E-state index is 0.00469. The molecule has 0 saturated heterocycles. The predicted molar refractivity (Wildman–Crippen MR) is 91.6 cm³/mol. The molecule has 0 atom stereocenters. The number of nitrogens with one attached hydrogen (secondary N) is 1. The number of nitro groups is 1. The fourth-order valence-electron chi connectivity index (χ4n) is 1.95. The first-order valence-electron chi connectivity index (χ1n) is 6.89. The van der Waals surface area contributed by atoms with Gasteiger partial charge >= 0.3 is 5.97 Å². The number of esters is 1. The number of non-ortho nitro benzene ring substituents is 1. The molecule has 2 aromatic carbocycles. The number of carbonyl (C=O) groups excluding carboxylic acids is 2. The van der Waals surface area contributed by atoms with Crippen molar-refractivity contribution in [2.24, 2.45) is 0 Å². The van der Waals surface area contributed by atoms with E-state index in [2.05, 4.69) is 11.2 Å². The molecule has 0 unspecified atom stereocenters. The molecule has 0 aliphatic carbocycles. The summed E-state index contributed by atoms with van der Waals surface area (Å²) < 4.78 is 4.83. The molecule has 0 spiro atoms. The van der Waals surface area contributed by atoms with Crippen LogP contribution in [0.1, 0.15) is 20.7 Å². The van der Waals surface area contributed by atoms with Crippen LogP contribution >= 0.6 is 11.6 Å². The first-order chi connectivity index (χ1) is 11.9. The largest absolute Gasteiger partial charge is 0.449 e. The molecule has 1 N–H and O–H groups in total. The van der Waals surface area contributed by atoms with E-state index in [1.165, 1.54) is 24.3 Å². The van der Waals surface area contributed by atoms with Crippen LogP contribution in [0.2, 0.25) is 5.02 Å². The van der Waals surface area contributed by atoms with Crippen LogP contribution in [-0.4, -0.2) is 23.4 Å². The average Bonchev–Trinajstić information content (AvgIpc) is 2.61. The van der Waals surface area contributed by atoms with Crippen LogP contribution in [0.25, 0.3) is 0 Å². The minimum Gasteiger partial charge on any atom is -0.449 e. The molecule has 0 bridgehead atoms. The van der Waals surface area contributed by atoms with E-state index in [4.69, 9.17) is 22.8 Å². The Morgan fingerprint density at radius 3 is 2.52 bits per heavy atom. The Kier molecular flexibility index (Phi) is 5.71. The predicted octanol–water partition coefficient (Wildman–Crippen LogP) is 3.29. The smallest absolute Gasteiger partial charge is 0.339 e. The third-order valence-corrected chi connectivity index (χ3v) is 3.40. The van der Waals surface area contributed by atoms with Gasteiger partial charge in [-0.15, -0.1) is 6.42 Å². The summed E-state index contributed by atoms with van der Waals surface area (Å²) in [5, 5.41) is 13.2. The maximum Gasteiger partial charge on any atom is 0.339 e. The summed E-state index contributed by atoms with van der Waals surface area (Å²) in [6, 6.07) is 9.62. The summed E-state index contributed by atoms with van der Waals surface area (Å²) in [7, 11) is 0. The number of amides is 1. The Labute approximate surface area is 147 Å². The molecule has 1 amide bonds. The van der Waals surface area contributed by atoms with Crippen molar-refractivity contribution < 1.29 is 19.2 Å². The number of hydrogen-bond acceptors (Lipinski definition) is 5. The summed E-state index contributed by atoms with van der Waals surface area (Å²) in [6.07, 6.45) is 5.04. The van der Waals surface area contributed by atoms with Crippen molar-refractivity contribution in [3.63, 3.8) is 0 Å². The number of nitrogens with zero attached hydrogens (tertiary/aromatic N) is 1. The Bertz CT molecular complexity index is 889. The second-order valence-electron chi connectivity index (χ2n) is 4.70. The molecule has 2 rings (SSSR count). The summed E-state index contributed by atoms with van der Waals surface area (Å²) in [5.74, 6) is 0.804. The third-order valence-electron chi connectivity index (χ3n) is 3.09. The summed E-state index contributed by atoms with van der Waals surface area (Å²) in [5.41, 5.74) is 0.0533. The van der Waals surface area contributed by atoms with Gasteiger partial charge in [0.05, 0.1) is 26.8 Å². The van der Waals surface area contributed by atoms with Crippen molar-refractivity contribution in [3.8, 4) is 12.3 Å². The molecule has 2 aromatic rings. The number of hydrogen-bond donors (Lipinski definition) is 1. The average molecular weight is 359 g/mol. The second-order valence-corrected chi connectivity index (χ2v) is 5.11. The molecule has 0 aromatic heterocycles. The number of nitro benzene ring substituents is 1. The Morgan fingerprint density at radius 1 is 1.24 bits per heavy atom. The molecule has 126 valence electrons. The van der Waals surface area contributed by atoms with Crippen molar-refractivity contribution in [3.05, 3.63) is 68.7 Å². The van der Waals surface area contributed by atoms with E-state index < -0.39 is 16.8 Å². The molecule has 0 heterocycles. The number of carbonyl (C=O) groups is 2. The van der Waals surface area contributed by atoms with Crippen molar-refractivity contribution in [2.75, 3.05) is 11.9 Å². The van der Waals surface area contributed by atoms with E-state index in [1.54, 1.807) is 12.1 Å². The van der Waals surface area contributed by atoms with Crippen LogP contribution in [0.3, 0.4) is 0 Å². The maximum absolute atomic E-state index is 12.4. The first-order valence-corrected chi connectivity index (χ1v) is 7.26. The molecule has 0 radical (unpaired) electrons. The minimum atomic E-state index is -0.738. The van der Waals surface area contributed by atoms with E-state index in [1.807, 2.05) is 0 Å². The molecular weight excluding hydrogens is 348 g/mol. The highest BCUT2D eigenvalue weighted by atomic mass is 35.5. The van der Waals surface area contributed by atoms with Crippen molar-refractivity contribution in [1.29, 1.82) is 0 Å². The van der Waals surface area contributed by atoms with Crippen molar-refractivity contribution in [2.45, 2.75) is 0 Å². The zero-order chi connectivity index (χ0) is 18.4. The zero-order valence-electron chi connectivity index (χ0n) is 12.7. The first kappa shape index (κ1) is 18.0. The van der Waals surface area contributed by atoms with Crippen LogP contribution in [0.15, 0.2) is 42.5 Å². The highest BCUT2D eigenvalue weighted by molar-refractivity contribution is 6.34. The van der Waals surface area contributed by atoms with Crippen LogP contribution < -0.4 is 5.32 Å². The van der Waals surface area contributed by atoms with Crippen LogP contribution in [0.4, 0.5) is 11.4 Å². The topological polar surface area (TPSA) is 98.5 Å². The molecule has 7 nitrogen and oxygen atoms in total. The number of benzene rings is 2. The third kappa shape index (κ3) is 4.34. The molecule has 8 heteroatoms. The fraction of sp³-hybridized carbons (Fsp3) is 0.0588. The van der Waals surface area contributed by atoms with Gasteiger partial charge in [0.25, 0.3) is 11.6 Å². The zero-order valence-corrected chi connectivity index (χ0v) is 13.4. The Balaban J connectivity index is 2.26. The van der Waals surface area contributed by atoms with Gasteiger partial charge in [-0.1, -0.05) is 29.7 Å². The normalized spacial score (nSPS) is 9.76. The van der Waals surface area contributed by atoms with Crippen LogP contribution in [0, 0.1) is 22.5 Å². The lowest BCUT2D eigenvalue weighted by Gasteiger charge is -2.10. The molecule has 0 saturated carbocycles. The van der Waals surface area contributed by atoms with Gasteiger partial charge in [0.1, 0.15) is 0 Å². The van der Waals surface area contributed by atoms with Gasteiger partial charge in [0.2, 0.25) is 0 Å². The van der Waals surface area contributed by atoms with Gasteiger partial charge in [0, 0.05) is 12.1 Å². The summed E-state index contributed by atoms with van der Waals surface area (Å²) in [4.78, 5) is 34.5. The van der Waals surface area contributed by atoms with Crippen molar-refractivity contribution in [1.82, 2.24) is 0 Å². The fourth-order valence-corrected chi connectivity index (χ4v) is 2.17. The monoisotopic (exact) mass is 358 g/mol.